The van der Waals surface area contributed by atoms with E-state index in [0.29, 0.717) is 18.6 Å². The van der Waals surface area contributed by atoms with Gasteiger partial charge in [0.15, 0.2) is 0 Å². The molecule has 2 aromatic carbocycles. The summed E-state index contributed by atoms with van der Waals surface area (Å²) in [6, 6.07) is 11.3. The van der Waals surface area contributed by atoms with Gasteiger partial charge in [0.05, 0.1) is 18.2 Å². The molecule has 6 heteroatoms. The van der Waals surface area contributed by atoms with Crippen LogP contribution in [0.5, 0.6) is 5.75 Å². The van der Waals surface area contributed by atoms with E-state index in [1.54, 1.807) is 19.2 Å². The van der Waals surface area contributed by atoms with Gasteiger partial charge >= 0.3 is 5.97 Å². The van der Waals surface area contributed by atoms with Gasteiger partial charge in [-0.1, -0.05) is 28.1 Å². The van der Waals surface area contributed by atoms with Crippen LogP contribution in [-0.4, -0.2) is 23.2 Å². The average Bonchev–Trinajstić information content (AvgIpc) is 3.00. The Labute approximate surface area is 147 Å². The number of ether oxygens (including phenoxy) is 1. The molecule has 0 aliphatic carbocycles. The second-order valence-corrected chi connectivity index (χ2v) is 6.27. The Morgan fingerprint density at radius 2 is 1.96 bits per heavy atom. The first-order valence-electron chi connectivity index (χ1n) is 7.45. The number of carboxylic acid groups (broad SMARTS) is 1. The highest BCUT2D eigenvalue weighted by Gasteiger charge is 2.14. The van der Waals surface area contributed by atoms with E-state index in [-0.39, 0.29) is 5.56 Å². The number of hydrogen-bond acceptors (Lipinski definition) is 3. The summed E-state index contributed by atoms with van der Waals surface area (Å²) < 4.78 is 6.03. The Morgan fingerprint density at radius 3 is 2.62 bits per heavy atom. The molecule has 0 fully saturated rings. The molecule has 24 heavy (non-hydrogen) atoms. The number of hydrogen-bond donors (Lipinski definition) is 3. The lowest BCUT2D eigenvalue weighted by Gasteiger charge is -2.07. The fraction of sp³-hybridized carbons (Fsp3) is 0.167. The number of halogens is 1. The number of nitrogens with one attached hydrogen (secondary N) is 2. The van der Waals surface area contributed by atoms with Gasteiger partial charge in [-0.05, 0) is 35.4 Å². The number of carbonyl (C=O) groups is 1. The monoisotopic (exact) mass is 388 g/mol. The zero-order valence-corrected chi connectivity index (χ0v) is 14.7. The van der Waals surface area contributed by atoms with Crippen LogP contribution < -0.4 is 10.1 Å². The molecule has 0 bridgehead atoms. The lowest BCUT2D eigenvalue weighted by molar-refractivity contribution is 0.0699. The van der Waals surface area contributed by atoms with Gasteiger partial charge < -0.3 is 20.1 Å². The third kappa shape index (κ3) is 3.29. The van der Waals surface area contributed by atoms with Gasteiger partial charge in [-0.15, -0.1) is 0 Å². The van der Waals surface area contributed by atoms with Crippen LogP contribution in [0, 0.1) is 0 Å². The van der Waals surface area contributed by atoms with Crippen molar-refractivity contribution in [1.82, 2.24) is 10.3 Å². The third-order valence-corrected chi connectivity index (χ3v) is 4.56. The van der Waals surface area contributed by atoms with Crippen molar-refractivity contribution in [3.8, 4) is 5.75 Å². The molecule has 0 aliphatic heterocycles. The Balaban J connectivity index is 1.75. The summed E-state index contributed by atoms with van der Waals surface area (Å²) in [5.41, 5.74) is 3.09. The molecule has 0 unspecified atom stereocenters. The van der Waals surface area contributed by atoms with Gasteiger partial charge in [-0.3, -0.25) is 0 Å². The fourth-order valence-electron chi connectivity index (χ4n) is 2.68. The Bertz CT molecular complexity index is 872. The van der Waals surface area contributed by atoms with Crippen molar-refractivity contribution >= 4 is 32.8 Å². The van der Waals surface area contributed by atoms with Gasteiger partial charge in [-0.2, -0.15) is 0 Å². The number of rotatable bonds is 6. The van der Waals surface area contributed by atoms with Crippen molar-refractivity contribution in [3.05, 3.63) is 63.8 Å². The lowest BCUT2D eigenvalue weighted by Crippen LogP contribution is -2.12. The average molecular weight is 389 g/mol. The largest absolute Gasteiger partial charge is 0.497 e. The summed E-state index contributed by atoms with van der Waals surface area (Å²) in [7, 11) is 1.65. The molecular weight excluding hydrogens is 372 g/mol. The molecule has 3 aromatic rings. The number of aromatic amines is 1. The smallest absolute Gasteiger partial charge is 0.337 e. The number of aromatic nitrogens is 1. The molecule has 3 N–H and O–H groups in total. The van der Waals surface area contributed by atoms with Crippen LogP contribution in [-0.2, 0) is 13.1 Å². The number of H-pyrrole nitrogens is 1. The predicted molar refractivity (Wildman–Crippen MR) is 96.5 cm³/mol. The van der Waals surface area contributed by atoms with E-state index in [9.17, 15) is 9.90 Å². The van der Waals surface area contributed by atoms with Crippen molar-refractivity contribution in [3.63, 3.8) is 0 Å². The van der Waals surface area contributed by atoms with Gasteiger partial charge in [-0.25, -0.2) is 4.79 Å². The van der Waals surface area contributed by atoms with E-state index in [4.69, 9.17) is 4.74 Å². The standard InChI is InChI=1S/C18H17BrN2O3/c1-24-13-4-2-11(3-5-13)8-20-9-12-10-21-17-14(18(22)23)6-7-15(19)16(12)17/h2-7,10,20-21H,8-9H2,1H3,(H,22,23). The third-order valence-electron chi connectivity index (χ3n) is 3.90. The van der Waals surface area contributed by atoms with Crippen LogP contribution >= 0.6 is 15.9 Å². The second-order valence-electron chi connectivity index (χ2n) is 5.42. The van der Waals surface area contributed by atoms with E-state index in [1.165, 1.54) is 0 Å². The van der Waals surface area contributed by atoms with Crippen molar-refractivity contribution in [2.45, 2.75) is 13.1 Å². The molecule has 0 amide bonds. The maximum atomic E-state index is 11.3. The molecule has 0 saturated carbocycles. The molecule has 5 nitrogen and oxygen atoms in total. The van der Waals surface area contributed by atoms with E-state index in [1.807, 2.05) is 30.5 Å². The Kier molecular flexibility index (Phi) is 4.87. The van der Waals surface area contributed by atoms with E-state index >= 15 is 0 Å². The van der Waals surface area contributed by atoms with Crippen LogP contribution in [0.15, 0.2) is 47.1 Å². The SMILES string of the molecule is COc1ccc(CNCc2c[nH]c3c(C(=O)O)ccc(Br)c23)cc1. The quantitative estimate of drug-likeness (QED) is 0.597. The van der Waals surface area contributed by atoms with Crippen LogP contribution in [0.4, 0.5) is 0 Å². The summed E-state index contributed by atoms with van der Waals surface area (Å²) >= 11 is 3.51. The number of aromatic carboxylic acids is 1. The van der Waals surface area contributed by atoms with Crippen molar-refractivity contribution in [1.29, 1.82) is 0 Å². The van der Waals surface area contributed by atoms with Crippen molar-refractivity contribution < 1.29 is 14.6 Å². The summed E-state index contributed by atoms with van der Waals surface area (Å²) in [4.78, 5) is 14.4. The highest BCUT2D eigenvalue weighted by Crippen LogP contribution is 2.29. The number of carboxylic acids is 1. The highest BCUT2D eigenvalue weighted by atomic mass is 79.9. The minimum atomic E-state index is -0.938. The first kappa shape index (κ1) is 16.5. The van der Waals surface area contributed by atoms with Crippen LogP contribution in [0.25, 0.3) is 10.9 Å². The van der Waals surface area contributed by atoms with Gasteiger partial charge in [0, 0.05) is 29.1 Å². The van der Waals surface area contributed by atoms with Crippen LogP contribution in [0.3, 0.4) is 0 Å². The maximum Gasteiger partial charge on any atom is 0.337 e. The van der Waals surface area contributed by atoms with Gasteiger partial charge in [0.25, 0.3) is 0 Å². The number of methoxy groups -OCH3 is 1. The number of fused-ring (bicyclic) bond motifs is 1. The lowest BCUT2D eigenvalue weighted by atomic mass is 10.1. The topological polar surface area (TPSA) is 74.3 Å². The Hall–Kier alpha value is -2.31. The van der Waals surface area contributed by atoms with Crippen molar-refractivity contribution in [2.24, 2.45) is 0 Å². The van der Waals surface area contributed by atoms with Gasteiger partial charge in [0.2, 0.25) is 0 Å². The summed E-state index contributed by atoms with van der Waals surface area (Å²) in [5, 5.41) is 13.6. The molecule has 0 saturated heterocycles. The molecule has 1 aromatic heterocycles. The maximum absolute atomic E-state index is 11.3. The number of benzene rings is 2. The van der Waals surface area contributed by atoms with E-state index in [2.05, 4.69) is 26.2 Å². The fourth-order valence-corrected chi connectivity index (χ4v) is 3.26. The van der Waals surface area contributed by atoms with E-state index in [0.717, 1.165) is 26.7 Å². The van der Waals surface area contributed by atoms with Gasteiger partial charge in [0.1, 0.15) is 5.75 Å². The van der Waals surface area contributed by atoms with E-state index < -0.39 is 5.97 Å². The summed E-state index contributed by atoms with van der Waals surface area (Å²) in [6.07, 6.45) is 1.85. The Morgan fingerprint density at radius 1 is 1.21 bits per heavy atom. The highest BCUT2D eigenvalue weighted by molar-refractivity contribution is 9.10. The summed E-state index contributed by atoms with van der Waals surface area (Å²) in [5.74, 6) is -0.104. The first-order chi connectivity index (χ1) is 11.6. The van der Waals surface area contributed by atoms with Crippen molar-refractivity contribution in [2.75, 3.05) is 7.11 Å². The van der Waals surface area contributed by atoms with Crippen LogP contribution in [0.1, 0.15) is 21.5 Å². The molecule has 0 atom stereocenters. The molecule has 0 aliphatic rings. The first-order valence-corrected chi connectivity index (χ1v) is 8.25. The minimum Gasteiger partial charge on any atom is -0.497 e. The molecule has 1 heterocycles. The molecule has 3 rings (SSSR count). The van der Waals surface area contributed by atoms with Crippen LogP contribution in [0.2, 0.25) is 0 Å². The second kappa shape index (κ2) is 7.07. The minimum absolute atomic E-state index is 0.273. The normalized spacial score (nSPS) is 10.9. The molecular formula is C18H17BrN2O3. The molecule has 0 radical (unpaired) electrons. The molecule has 0 spiro atoms. The molecule has 124 valence electrons. The zero-order valence-electron chi connectivity index (χ0n) is 13.1. The predicted octanol–water partition coefficient (Wildman–Crippen LogP) is 3.93. The summed E-state index contributed by atoms with van der Waals surface area (Å²) in [6.45, 7) is 1.35. The zero-order chi connectivity index (χ0) is 17.1.